The number of nitrogens with one attached hydrogen (secondary N) is 2. The van der Waals surface area contributed by atoms with E-state index in [1.165, 1.54) is 17.1 Å². The monoisotopic (exact) mass is 297 g/mol. The zero-order valence-corrected chi connectivity index (χ0v) is 12.9. The molecule has 1 aliphatic rings. The summed E-state index contributed by atoms with van der Waals surface area (Å²) in [6, 6.07) is 7.62. The standard InChI is InChI=1S/C14H23N3O2S/c1-17(2)20(18,19)14-8-4-3-7-13(14)16-11-9-12-6-5-10-15-12/h3-4,7-8,12,15-16H,5-6,9-11H2,1-2H3/t12-/m0/s1. The third-order valence-corrected chi connectivity index (χ3v) is 5.49. The first-order chi connectivity index (χ1) is 9.51. The third-order valence-electron chi connectivity index (χ3n) is 3.62. The van der Waals surface area contributed by atoms with Crippen molar-refractivity contribution in [2.75, 3.05) is 32.5 Å². The summed E-state index contributed by atoms with van der Waals surface area (Å²) in [7, 11) is -0.301. The van der Waals surface area contributed by atoms with E-state index in [2.05, 4.69) is 10.6 Å². The zero-order chi connectivity index (χ0) is 14.6. The Bertz CT molecular complexity index is 537. The van der Waals surface area contributed by atoms with E-state index in [-0.39, 0.29) is 0 Å². The fraction of sp³-hybridized carbons (Fsp3) is 0.571. The molecule has 2 rings (SSSR count). The van der Waals surface area contributed by atoms with Crippen LogP contribution in [0.15, 0.2) is 29.2 Å². The van der Waals surface area contributed by atoms with E-state index < -0.39 is 10.0 Å². The number of para-hydroxylation sites is 1. The molecule has 2 N–H and O–H groups in total. The average Bonchev–Trinajstić information content (AvgIpc) is 2.92. The average molecular weight is 297 g/mol. The Hall–Kier alpha value is -1.11. The highest BCUT2D eigenvalue weighted by molar-refractivity contribution is 7.89. The molecule has 1 fully saturated rings. The smallest absolute Gasteiger partial charge is 0.244 e. The molecule has 1 aromatic rings. The van der Waals surface area contributed by atoms with E-state index in [0.29, 0.717) is 16.6 Å². The van der Waals surface area contributed by atoms with Gasteiger partial charge in [0, 0.05) is 26.7 Å². The van der Waals surface area contributed by atoms with E-state index in [1.54, 1.807) is 26.2 Å². The molecule has 0 bridgehead atoms. The number of hydrogen-bond acceptors (Lipinski definition) is 4. The summed E-state index contributed by atoms with van der Waals surface area (Å²) in [6.45, 7) is 1.87. The number of rotatable bonds is 6. The van der Waals surface area contributed by atoms with Gasteiger partial charge < -0.3 is 10.6 Å². The predicted molar refractivity (Wildman–Crippen MR) is 81.4 cm³/mol. The van der Waals surface area contributed by atoms with Crippen molar-refractivity contribution in [3.63, 3.8) is 0 Å². The largest absolute Gasteiger partial charge is 0.384 e. The summed E-state index contributed by atoms with van der Waals surface area (Å²) in [5.74, 6) is 0. The minimum atomic E-state index is -3.40. The highest BCUT2D eigenvalue weighted by Crippen LogP contribution is 2.23. The number of anilines is 1. The van der Waals surface area contributed by atoms with Crippen LogP contribution in [0.25, 0.3) is 0 Å². The van der Waals surface area contributed by atoms with Crippen LogP contribution < -0.4 is 10.6 Å². The lowest BCUT2D eigenvalue weighted by atomic mass is 10.1. The van der Waals surface area contributed by atoms with Crippen LogP contribution in [-0.2, 0) is 10.0 Å². The van der Waals surface area contributed by atoms with Gasteiger partial charge in [-0.3, -0.25) is 0 Å². The Labute approximate surface area is 121 Å². The first-order valence-electron chi connectivity index (χ1n) is 7.00. The third kappa shape index (κ3) is 3.50. The molecule has 1 aromatic carbocycles. The van der Waals surface area contributed by atoms with Crippen molar-refractivity contribution in [2.45, 2.75) is 30.2 Å². The van der Waals surface area contributed by atoms with E-state index >= 15 is 0 Å². The van der Waals surface area contributed by atoms with E-state index in [9.17, 15) is 8.42 Å². The molecule has 5 nitrogen and oxygen atoms in total. The molecule has 1 saturated heterocycles. The molecule has 112 valence electrons. The second-order valence-electron chi connectivity index (χ2n) is 5.29. The predicted octanol–water partition coefficient (Wildman–Crippen LogP) is 1.49. The Kier molecular flexibility index (Phi) is 5.01. The van der Waals surface area contributed by atoms with Crippen LogP contribution in [0.2, 0.25) is 0 Å². The lowest BCUT2D eigenvalue weighted by Gasteiger charge is -2.17. The van der Waals surface area contributed by atoms with Gasteiger partial charge in [-0.05, 0) is 37.9 Å². The van der Waals surface area contributed by atoms with E-state index in [1.807, 2.05) is 12.1 Å². The van der Waals surface area contributed by atoms with Gasteiger partial charge in [-0.15, -0.1) is 0 Å². The van der Waals surface area contributed by atoms with Crippen LogP contribution in [0, 0.1) is 0 Å². The molecule has 20 heavy (non-hydrogen) atoms. The van der Waals surface area contributed by atoms with Gasteiger partial charge in [0.2, 0.25) is 10.0 Å². The second kappa shape index (κ2) is 6.56. The summed E-state index contributed by atoms with van der Waals surface area (Å²) < 4.78 is 25.7. The van der Waals surface area contributed by atoms with Crippen molar-refractivity contribution in [3.8, 4) is 0 Å². The van der Waals surface area contributed by atoms with Crippen LogP contribution in [0.1, 0.15) is 19.3 Å². The lowest BCUT2D eigenvalue weighted by Crippen LogP contribution is -2.25. The van der Waals surface area contributed by atoms with Gasteiger partial charge in [-0.1, -0.05) is 12.1 Å². The molecule has 1 atom stereocenters. The minimum Gasteiger partial charge on any atom is -0.384 e. The van der Waals surface area contributed by atoms with Gasteiger partial charge in [0.05, 0.1) is 5.69 Å². The normalized spacial score (nSPS) is 19.4. The van der Waals surface area contributed by atoms with Gasteiger partial charge >= 0.3 is 0 Å². The van der Waals surface area contributed by atoms with Crippen LogP contribution >= 0.6 is 0 Å². The summed E-state index contributed by atoms with van der Waals surface area (Å²) in [5.41, 5.74) is 0.680. The highest BCUT2D eigenvalue weighted by atomic mass is 32.2. The van der Waals surface area contributed by atoms with Crippen molar-refractivity contribution in [3.05, 3.63) is 24.3 Å². The summed E-state index contributed by atoms with van der Waals surface area (Å²) in [4.78, 5) is 0.337. The van der Waals surface area contributed by atoms with Crippen LogP contribution in [0.3, 0.4) is 0 Å². The maximum absolute atomic E-state index is 12.2. The summed E-state index contributed by atoms with van der Waals surface area (Å²) in [5, 5.41) is 6.69. The summed E-state index contributed by atoms with van der Waals surface area (Å²) >= 11 is 0. The van der Waals surface area contributed by atoms with E-state index in [4.69, 9.17) is 0 Å². The van der Waals surface area contributed by atoms with E-state index in [0.717, 1.165) is 19.5 Å². The Balaban J connectivity index is 2.04. The maximum atomic E-state index is 12.2. The first-order valence-corrected chi connectivity index (χ1v) is 8.44. The van der Waals surface area contributed by atoms with Gasteiger partial charge in [-0.25, -0.2) is 12.7 Å². The van der Waals surface area contributed by atoms with Crippen molar-refractivity contribution in [1.29, 1.82) is 0 Å². The molecule has 0 saturated carbocycles. The Morgan fingerprint density at radius 3 is 2.75 bits per heavy atom. The quantitative estimate of drug-likeness (QED) is 0.835. The van der Waals surface area contributed by atoms with Crippen molar-refractivity contribution >= 4 is 15.7 Å². The van der Waals surface area contributed by atoms with Gasteiger partial charge in [-0.2, -0.15) is 0 Å². The Morgan fingerprint density at radius 2 is 2.10 bits per heavy atom. The molecule has 1 aliphatic heterocycles. The van der Waals surface area contributed by atoms with Gasteiger partial charge in [0.25, 0.3) is 0 Å². The first kappa shape index (κ1) is 15.3. The molecule has 6 heteroatoms. The van der Waals surface area contributed by atoms with Crippen LogP contribution in [0.5, 0.6) is 0 Å². The van der Waals surface area contributed by atoms with Crippen molar-refractivity contribution in [1.82, 2.24) is 9.62 Å². The lowest BCUT2D eigenvalue weighted by molar-refractivity contribution is 0.521. The fourth-order valence-electron chi connectivity index (χ4n) is 2.42. The molecule has 0 amide bonds. The topological polar surface area (TPSA) is 61.4 Å². The SMILES string of the molecule is CN(C)S(=O)(=O)c1ccccc1NCC[C@@H]1CCCN1. The van der Waals surface area contributed by atoms with Crippen LogP contribution in [0.4, 0.5) is 5.69 Å². The molecular weight excluding hydrogens is 274 g/mol. The summed E-state index contributed by atoms with van der Waals surface area (Å²) in [6.07, 6.45) is 3.45. The fourth-order valence-corrected chi connectivity index (χ4v) is 3.48. The molecule has 1 heterocycles. The number of hydrogen-bond donors (Lipinski definition) is 2. The van der Waals surface area contributed by atoms with Crippen LogP contribution in [-0.4, -0.2) is 45.9 Å². The van der Waals surface area contributed by atoms with Gasteiger partial charge in [0.1, 0.15) is 4.90 Å². The second-order valence-corrected chi connectivity index (χ2v) is 7.41. The highest BCUT2D eigenvalue weighted by Gasteiger charge is 2.21. The molecule has 0 spiro atoms. The number of benzene rings is 1. The molecule has 0 unspecified atom stereocenters. The number of nitrogens with zero attached hydrogens (tertiary/aromatic N) is 1. The van der Waals surface area contributed by atoms with Gasteiger partial charge in [0.15, 0.2) is 0 Å². The van der Waals surface area contributed by atoms with Crippen molar-refractivity contribution in [2.24, 2.45) is 0 Å². The van der Waals surface area contributed by atoms with Crippen molar-refractivity contribution < 1.29 is 8.42 Å². The maximum Gasteiger partial charge on any atom is 0.244 e. The molecular formula is C14H23N3O2S. The molecule has 0 radical (unpaired) electrons. The minimum absolute atomic E-state index is 0.337. The molecule has 0 aliphatic carbocycles. The molecule has 0 aromatic heterocycles. The number of sulfonamides is 1. The Morgan fingerprint density at radius 1 is 1.35 bits per heavy atom. The zero-order valence-electron chi connectivity index (χ0n) is 12.1.